The molecule has 31 heavy (non-hydrogen) atoms. The number of nitrogen functional groups attached to an aromatic ring is 1. The second kappa shape index (κ2) is 9.60. The zero-order valence-corrected chi connectivity index (χ0v) is 18.9. The predicted octanol–water partition coefficient (Wildman–Crippen LogP) is 4.60. The van der Waals surface area contributed by atoms with E-state index in [-0.39, 0.29) is 26.6 Å². The molecule has 0 spiro atoms. The lowest BCUT2D eigenvalue weighted by Gasteiger charge is -2.18. The maximum atomic E-state index is 12.4. The van der Waals surface area contributed by atoms with E-state index in [0.717, 1.165) is 22.1 Å². The van der Waals surface area contributed by atoms with E-state index in [4.69, 9.17) is 50.0 Å². The van der Waals surface area contributed by atoms with E-state index in [1.54, 1.807) is 14.2 Å². The lowest BCUT2D eigenvalue weighted by atomic mass is 10.1. The molecule has 7 nitrogen and oxygen atoms in total. The van der Waals surface area contributed by atoms with Crippen molar-refractivity contribution in [2.45, 2.75) is 6.54 Å². The number of fused-ring (bicyclic) bond motifs is 1. The van der Waals surface area contributed by atoms with Crippen LogP contribution in [-0.2, 0) is 16.1 Å². The quantitative estimate of drug-likeness (QED) is 0.407. The molecule has 3 aromatic rings. The number of methoxy groups -OCH3 is 1. The fraction of sp³-hybridized carbons (Fsp3) is 0.190. The van der Waals surface area contributed by atoms with Crippen molar-refractivity contribution in [1.82, 2.24) is 9.88 Å². The summed E-state index contributed by atoms with van der Waals surface area (Å²) in [5.74, 6) is -0.573. The van der Waals surface area contributed by atoms with E-state index in [1.807, 2.05) is 36.4 Å². The van der Waals surface area contributed by atoms with E-state index in [9.17, 15) is 9.59 Å². The summed E-state index contributed by atoms with van der Waals surface area (Å²) in [5.41, 5.74) is 6.21. The third-order valence-electron chi connectivity index (χ3n) is 4.55. The first-order valence-electron chi connectivity index (χ1n) is 8.99. The van der Waals surface area contributed by atoms with Crippen LogP contribution >= 0.6 is 34.8 Å². The van der Waals surface area contributed by atoms with Crippen LogP contribution < -0.4 is 10.5 Å². The molecule has 0 aliphatic rings. The Morgan fingerprint density at radius 3 is 2.45 bits per heavy atom. The molecule has 0 saturated carbocycles. The van der Waals surface area contributed by atoms with Gasteiger partial charge in [-0.05, 0) is 34.5 Å². The number of hydrogen-bond donors (Lipinski definition) is 1. The van der Waals surface area contributed by atoms with Crippen molar-refractivity contribution in [2.24, 2.45) is 0 Å². The largest absolute Gasteiger partial charge is 0.497 e. The SMILES string of the molecule is COc1ccc2cc(CN(C)C(=O)COC(=O)c3nc(Cl)c(Cl)c(N)c3Cl)ccc2c1. The van der Waals surface area contributed by atoms with Crippen molar-refractivity contribution in [3.8, 4) is 5.75 Å². The van der Waals surface area contributed by atoms with Crippen molar-refractivity contribution in [2.75, 3.05) is 26.5 Å². The molecule has 0 unspecified atom stereocenters. The van der Waals surface area contributed by atoms with Crippen LogP contribution in [0.25, 0.3) is 10.8 Å². The highest BCUT2D eigenvalue weighted by Gasteiger charge is 2.22. The molecule has 0 radical (unpaired) electrons. The van der Waals surface area contributed by atoms with E-state index in [0.29, 0.717) is 6.54 Å². The number of nitrogens with two attached hydrogens (primary N) is 1. The van der Waals surface area contributed by atoms with Gasteiger partial charge < -0.3 is 20.1 Å². The zero-order valence-electron chi connectivity index (χ0n) is 16.6. The van der Waals surface area contributed by atoms with Gasteiger partial charge >= 0.3 is 5.97 Å². The van der Waals surface area contributed by atoms with Crippen molar-refractivity contribution in [3.63, 3.8) is 0 Å². The van der Waals surface area contributed by atoms with Gasteiger partial charge in [0, 0.05) is 13.6 Å². The highest BCUT2D eigenvalue weighted by atomic mass is 35.5. The molecule has 0 fully saturated rings. The highest BCUT2D eigenvalue weighted by molar-refractivity contribution is 6.46. The van der Waals surface area contributed by atoms with Crippen LogP contribution in [0.5, 0.6) is 5.75 Å². The van der Waals surface area contributed by atoms with Crippen LogP contribution in [0.4, 0.5) is 5.69 Å². The number of amides is 1. The lowest BCUT2D eigenvalue weighted by molar-refractivity contribution is -0.133. The third kappa shape index (κ3) is 5.12. The molecular weight excluding hydrogens is 465 g/mol. The van der Waals surface area contributed by atoms with Crippen molar-refractivity contribution in [3.05, 3.63) is 62.9 Å². The first-order chi connectivity index (χ1) is 14.7. The van der Waals surface area contributed by atoms with Gasteiger partial charge in [0.05, 0.1) is 17.8 Å². The molecule has 0 aliphatic carbocycles. The first-order valence-corrected chi connectivity index (χ1v) is 10.1. The molecule has 10 heteroatoms. The van der Waals surface area contributed by atoms with E-state index in [1.165, 1.54) is 4.90 Å². The van der Waals surface area contributed by atoms with E-state index in [2.05, 4.69) is 4.98 Å². The maximum absolute atomic E-state index is 12.4. The number of halogens is 3. The van der Waals surface area contributed by atoms with Crippen LogP contribution in [0.2, 0.25) is 15.2 Å². The predicted molar refractivity (Wildman–Crippen MR) is 121 cm³/mol. The number of ether oxygens (including phenoxy) is 2. The van der Waals surface area contributed by atoms with Gasteiger partial charge in [-0.3, -0.25) is 4.79 Å². The number of carbonyl (C=O) groups excluding carboxylic acids is 2. The van der Waals surface area contributed by atoms with Crippen LogP contribution in [-0.4, -0.2) is 42.5 Å². The van der Waals surface area contributed by atoms with Crippen LogP contribution in [0.15, 0.2) is 36.4 Å². The monoisotopic (exact) mass is 481 g/mol. The van der Waals surface area contributed by atoms with E-state index >= 15 is 0 Å². The molecule has 0 bridgehead atoms. The molecule has 1 amide bonds. The Hall–Kier alpha value is -2.74. The Morgan fingerprint density at radius 2 is 1.74 bits per heavy atom. The van der Waals surface area contributed by atoms with Gasteiger partial charge in [-0.1, -0.05) is 53.0 Å². The van der Waals surface area contributed by atoms with Gasteiger partial charge in [0.15, 0.2) is 17.5 Å². The number of benzene rings is 2. The number of carbonyl (C=O) groups is 2. The summed E-state index contributed by atoms with van der Waals surface area (Å²) in [4.78, 5) is 29.9. The number of likely N-dealkylation sites (N-methyl/N-ethyl adjacent to an activating group) is 1. The standard InChI is InChI=1S/C21H18Cl3N3O4/c1-27(9-11-3-4-13-8-14(30-2)6-5-12(13)7-11)15(28)10-31-21(29)19-16(22)18(25)17(23)20(24)26-19/h3-8H,9-10H2,1-2H3,(H2,25,26). The average Bonchev–Trinajstić information content (AvgIpc) is 2.77. The molecule has 3 rings (SSSR count). The Morgan fingerprint density at radius 1 is 1.06 bits per heavy atom. The third-order valence-corrected chi connectivity index (χ3v) is 5.68. The van der Waals surface area contributed by atoms with Crippen LogP contribution in [0, 0.1) is 0 Å². The fourth-order valence-electron chi connectivity index (χ4n) is 2.83. The summed E-state index contributed by atoms with van der Waals surface area (Å²) in [7, 11) is 3.22. The summed E-state index contributed by atoms with van der Waals surface area (Å²) >= 11 is 17.6. The minimum absolute atomic E-state index is 0.0622. The van der Waals surface area contributed by atoms with E-state index < -0.39 is 18.5 Å². The number of anilines is 1. The summed E-state index contributed by atoms with van der Waals surface area (Å²) in [6.07, 6.45) is 0. The Labute approximate surface area is 193 Å². The normalized spacial score (nSPS) is 10.7. The molecule has 2 aromatic carbocycles. The Balaban J connectivity index is 1.63. The number of nitrogens with zero attached hydrogens (tertiary/aromatic N) is 2. The molecule has 1 aromatic heterocycles. The molecule has 0 saturated heterocycles. The minimum atomic E-state index is -0.934. The van der Waals surface area contributed by atoms with Gasteiger partial charge in [-0.2, -0.15) is 0 Å². The number of rotatable bonds is 6. The topological polar surface area (TPSA) is 94.7 Å². The summed E-state index contributed by atoms with van der Waals surface area (Å²) < 4.78 is 10.3. The molecule has 162 valence electrons. The molecule has 0 aliphatic heterocycles. The summed E-state index contributed by atoms with van der Waals surface area (Å²) in [5, 5.41) is 1.61. The zero-order chi connectivity index (χ0) is 22.7. The number of pyridine rings is 1. The Kier molecular flexibility index (Phi) is 7.10. The lowest BCUT2D eigenvalue weighted by Crippen LogP contribution is -2.31. The van der Waals surface area contributed by atoms with Crippen molar-refractivity contribution < 1.29 is 19.1 Å². The number of aromatic nitrogens is 1. The Bertz CT molecular complexity index is 1170. The molecule has 0 atom stereocenters. The second-order valence-corrected chi connectivity index (χ2v) is 7.78. The summed E-state index contributed by atoms with van der Waals surface area (Å²) in [6.45, 7) is -0.171. The first kappa shape index (κ1) is 22.9. The summed E-state index contributed by atoms with van der Waals surface area (Å²) in [6, 6.07) is 11.6. The van der Waals surface area contributed by atoms with Gasteiger partial charge in [0.2, 0.25) is 0 Å². The maximum Gasteiger partial charge on any atom is 0.359 e. The highest BCUT2D eigenvalue weighted by Crippen LogP contribution is 2.34. The van der Waals surface area contributed by atoms with Crippen molar-refractivity contribution >= 4 is 63.1 Å². The number of esters is 1. The van der Waals surface area contributed by atoms with Crippen LogP contribution in [0.3, 0.4) is 0 Å². The molecule has 1 heterocycles. The van der Waals surface area contributed by atoms with Crippen LogP contribution in [0.1, 0.15) is 16.1 Å². The van der Waals surface area contributed by atoms with Crippen molar-refractivity contribution in [1.29, 1.82) is 0 Å². The van der Waals surface area contributed by atoms with Gasteiger partial charge in [-0.15, -0.1) is 0 Å². The fourth-order valence-corrected chi connectivity index (χ4v) is 3.42. The second-order valence-electron chi connectivity index (χ2n) is 6.67. The molecular formula is C21H18Cl3N3O4. The smallest absolute Gasteiger partial charge is 0.359 e. The van der Waals surface area contributed by atoms with Gasteiger partial charge in [0.25, 0.3) is 5.91 Å². The van der Waals surface area contributed by atoms with Gasteiger partial charge in [0.1, 0.15) is 10.8 Å². The average molecular weight is 483 g/mol. The molecule has 2 N–H and O–H groups in total. The van der Waals surface area contributed by atoms with Gasteiger partial charge in [-0.25, -0.2) is 9.78 Å². The minimum Gasteiger partial charge on any atom is -0.497 e. The number of hydrogen-bond acceptors (Lipinski definition) is 6.